The molecule has 7 heavy (non-hydrogen) atoms. The van der Waals surface area contributed by atoms with Gasteiger partial charge in [-0.05, 0) is 13.8 Å². The Labute approximate surface area is 80.0 Å². The summed E-state index contributed by atoms with van der Waals surface area (Å²) in [5.41, 5.74) is -0.931. The van der Waals surface area contributed by atoms with Gasteiger partial charge in [-0.3, -0.25) is 0 Å². The van der Waals surface area contributed by atoms with Crippen LogP contribution >= 0.6 is 0 Å². The Hall–Kier alpha value is 0.962. The zero-order chi connectivity index (χ0) is 5.21. The molecule has 0 aromatic heterocycles. The van der Waals surface area contributed by atoms with Gasteiger partial charge < -0.3 is 5.11 Å². The maximum atomic E-state index is 8.59. The van der Waals surface area contributed by atoms with Crippen LogP contribution in [0.5, 0.6) is 0 Å². The molecular formula is C5H8AcO. The fourth-order valence-corrected chi connectivity index (χ4v) is 0. The van der Waals surface area contributed by atoms with Crippen molar-refractivity contribution in [1.82, 2.24) is 0 Å². The SMILES string of the molecule is C#CC(C)(C)O.[Ac]. The van der Waals surface area contributed by atoms with Gasteiger partial charge in [0.2, 0.25) is 0 Å². The Morgan fingerprint density at radius 3 is 1.71 bits per heavy atom. The fourth-order valence-electron chi connectivity index (χ4n) is 0. The predicted octanol–water partition coefficient (Wildman–Crippen LogP) is 0.391. The van der Waals surface area contributed by atoms with Crippen LogP contribution in [0.3, 0.4) is 0 Å². The van der Waals surface area contributed by atoms with Crippen LogP contribution in [0, 0.1) is 56.4 Å². The van der Waals surface area contributed by atoms with Crippen LogP contribution in [-0.4, -0.2) is 10.7 Å². The van der Waals surface area contributed by atoms with Crippen molar-refractivity contribution in [2.45, 2.75) is 19.4 Å². The van der Waals surface area contributed by atoms with Gasteiger partial charge in [-0.2, -0.15) is 0 Å². The van der Waals surface area contributed by atoms with Crippen LogP contribution in [0.25, 0.3) is 0 Å². The molecule has 0 saturated heterocycles. The van der Waals surface area contributed by atoms with Gasteiger partial charge in [0.15, 0.2) is 0 Å². The Bertz CT molecular complexity index is 75.1. The Balaban J connectivity index is 0. The zero-order valence-electron chi connectivity index (χ0n) is 4.60. The summed E-state index contributed by atoms with van der Waals surface area (Å²) >= 11 is 0. The van der Waals surface area contributed by atoms with Gasteiger partial charge in [0.25, 0.3) is 0 Å². The number of hydrogen-bond acceptors (Lipinski definition) is 1. The van der Waals surface area contributed by atoms with Crippen LogP contribution in [0.15, 0.2) is 0 Å². The minimum Gasteiger partial charge on any atom is -0.378 e. The largest absolute Gasteiger partial charge is 0.378 e. The molecule has 0 saturated carbocycles. The van der Waals surface area contributed by atoms with E-state index in [0.29, 0.717) is 0 Å². The molecule has 0 spiro atoms. The summed E-state index contributed by atoms with van der Waals surface area (Å²) in [4.78, 5) is 0. The fraction of sp³-hybridized carbons (Fsp3) is 0.600. The van der Waals surface area contributed by atoms with E-state index in [0.717, 1.165) is 0 Å². The van der Waals surface area contributed by atoms with E-state index in [9.17, 15) is 0 Å². The van der Waals surface area contributed by atoms with E-state index in [2.05, 4.69) is 5.92 Å². The molecule has 37 valence electrons. The van der Waals surface area contributed by atoms with Crippen molar-refractivity contribution in [2.75, 3.05) is 0 Å². The first-order valence-corrected chi connectivity index (χ1v) is 1.76. The monoisotopic (exact) mass is 311 g/mol. The summed E-state index contributed by atoms with van der Waals surface area (Å²) in [5.74, 6) is 2.16. The molecule has 0 heterocycles. The van der Waals surface area contributed by atoms with Crippen molar-refractivity contribution in [3.63, 3.8) is 0 Å². The second-order valence-corrected chi connectivity index (χ2v) is 1.70. The maximum absolute atomic E-state index is 8.59. The average molecular weight is 311 g/mol. The van der Waals surface area contributed by atoms with Crippen molar-refractivity contribution in [3.05, 3.63) is 0 Å². The Kier molecular flexibility index (Phi) is 6.05. The summed E-state index contributed by atoms with van der Waals surface area (Å²) in [5, 5.41) is 8.59. The number of terminal acetylenes is 1. The van der Waals surface area contributed by atoms with Crippen LogP contribution in [0.2, 0.25) is 0 Å². The minimum atomic E-state index is -0.931. The smallest absolute Gasteiger partial charge is 0.119 e. The molecular weight excluding hydrogens is 303 g/mol. The van der Waals surface area contributed by atoms with Gasteiger partial charge in [-0.1, -0.05) is 5.92 Å². The maximum Gasteiger partial charge on any atom is 0.119 e. The quantitative estimate of drug-likeness (QED) is 0.642. The molecule has 1 N–H and O–H groups in total. The van der Waals surface area contributed by atoms with E-state index >= 15 is 0 Å². The second-order valence-electron chi connectivity index (χ2n) is 1.70. The van der Waals surface area contributed by atoms with Crippen LogP contribution in [0.4, 0.5) is 0 Å². The first kappa shape index (κ1) is 10.9. The predicted molar refractivity (Wildman–Crippen MR) is 25.1 cm³/mol. The van der Waals surface area contributed by atoms with Crippen LogP contribution in [-0.2, 0) is 0 Å². The second kappa shape index (κ2) is 3.90. The van der Waals surface area contributed by atoms with E-state index in [-0.39, 0.29) is 44.1 Å². The topological polar surface area (TPSA) is 20.2 Å². The van der Waals surface area contributed by atoms with Gasteiger partial charge >= 0.3 is 0 Å². The van der Waals surface area contributed by atoms with Gasteiger partial charge in [0, 0.05) is 44.1 Å². The normalized spacial score (nSPS) is 8.86. The van der Waals surface area contributed by atoms with E-state index < -0.39 is 5.60 Å². The molecule has 0 amide bonds. The third-order valence-corrected chi connectivity index (χ3v) is 0.353. The van der Waals surface area contributed by atoms with Gasteiger partial charge in [-0.15, -0.1) is 6.42 Å². The first-order valence-electron chi connectivity index (χ1n) is 1.76. The number of rotatable bonds is 0. The van der Waals surface area contributed by atoms with Gasteiger partial charge in [0.1, 0.15) is 5.60 Å². The summed E-state index contributed by atoms with van der Waals surface area (Å²) in [6.45, 7) is 3.12. The van der Waals surface area contributed by atoms with Gasteiger partial charge in [-0.25, -0.2) is 0 Å². The van der Waals surface area contributed by atoms with E-state index in [1.54, 1.807) is 13.8 Å². The summed E-state index contributed by atoms with van der Waals surface area (Å²) in [6.07, 6.45) is 4.81. The summed E-state index contributed by atoms with van der Waals surface area (Å²) in [7, 11) is 0. The number of hydrogen-bond donors (Lipinski definition) is 1. The van der Waals surface area contributed by atoms with E-state index in [1.165, 1.54) is 0 Å². The Morgan fingerprint density at radius 2 is 1.71 bits per heavy atom. The molecule has 0 aromatic carbocycles. The van der Waals surface area contributed by atoms with Gasteiger partial charge in [0.05, 0.1) is 0 Å². The number of aliphatic hydroxyl groups is 1. The molecule has 0 aliphatic heterocycles. The molecule has 2 heteroatoms. The van der Waals surface area contributed by atoms with E-state index in [4.69, 9.17) is 11.5 Å². The molecule has 0 fully saturated rings. The van der Waals surface area contributed by atoms with Crippen LogP contribution < -0.4 is 0 Å². The third-order valence-electron chi connectivity index (χ3n) is 0.353. The van der Waals surface area contributed by atoms with Crippen molar-refractivity contribution in [2.24, 2.45) is 0 Å². The first-order chi connectivity index (χ1) is 2.56. The van der Waals surface area contributed by atoms with Crippen molar-refractivity contribution < 1.29 is 49.2 Å². The molecule has 1 radical (unpaired) electrons. The summed E-state index contributed by atoms with van der Waals surface area (Å²) in [6, 6.07) is 0. The van der Waals surface area contributed by atoms with Crippen LogP contribution in [0.1, 0.15) is 13.8 Å². The Morgan fingerprint density at radius 1 is 1.57 bits per heavy atom. The molecule has 0 unspecified atom stereocenters. The molecule has 0 aliphatic rings. The van der Waals surface area contributed by atoms with Crippen molar-refractivity contribution in [3.8, 4) is 12.3 Å². The average Bonchev–Trinajstić information content (AvgIpc) is 1.35. The molecule has 0 rings (SSSR count). The van der Waals surface area contributed by atoms with E-state index in [1.807, 2.05) is 0 Å². The van der Waals surface area contributed by atoms with Crippen molar-refractivity contribution >= 4 is 0 Å². The minimum absolute atomic E-state index is 0. The molecule has 0 aromatic rings. The molecule has 0 aliphatic carbocycles. The molecule has 0 atom stereocenters. The summed E-state index contributed by atoms with van der Waals surface area (Å²) < 4.78 is 0. The molecule has 0 bridgehead atoms. The third kappa shape index (κ3) is 10.9. The van der Waals surface area contributed by atoms with Crippen molar-refractivity contribution in [1.29, 1.82) is 0 Å². The zero-order valence-corrected chi connectivity index (χ0v) is 9.35. The molecule has 1 nitrogen and oxygen atoms in total. The standard InChI is InChI=1S/C5H8O.Ac/c1-4-5(2,3)6;/h1,6H,2-3H3;.